The van der Waals surface area contributed by atoms with Crippen LogP contribution in [-0.2, 0) is 9.53 Å². The van der Waals surface area contributed by atoms with Crippen LogP contribution in [-0.4, -0.2) is 29.9 Å². The highest BCUT2D eigenvalue weighted by Crippen LogP contribution is 2.26. The molecule has 0 spiro atoms. The number of hydrogen-bond acceptors (Lipinski definition) is 5. The van der Waals surface area contributed by atoms with Gasteiger partial charge in [-0.2, -0.15) is 0 Å². The van der Waals surface area contributed by atoms with Gasteiger partial charge in [0.15, 0.2) is 5.70 Å². The molecule has 1 fully saturated rings. The standard InChI is InChI=1S/C17H21N3O2/c1-17(2,3)16-19-13(15(21)22-16)10-12-6-7-14(18-11-12)20-8-4-5-9-20/h6-7,10-11H,4-5,8-9H2,1-3H3/b13-10+. The van der Waals surface area contributed by atoms with E-state index in [0.717, 1.165) is 24.5 Å². The van der Waals surface area contributed by atoms with E-state index in [4.69, 9.17) is 4.74 Å². The average Bonchev–Trinajstić information content (AvgIpc) is 3.10. The number of aliphatic imine (C=N–C) groups is 1. The fourth-order valence-corrected chi connectivity index (χ4v) is 2.50. The zero-order chi connectivity index (χ0) is 15.7. The van der Waals surface area contributed by atoms with Crippen LogP contribution in [0.4, 0.5) is 5.82 Å². The molecule has 0 N–H and O–H groups in total. The lowest BCUT2D eigenvalue weighted by Gasteiger charge is -2.15. The van der Waals surface area contributed by atoms with Crippen molar-refractivity contribution in [2.75, 3.05) is 18.0 Å². The maximum Gasteiger partial charge on any atom is 0.363 e. The largest absolute Gasteiger partial charge is 0.406 e. The van der Waals surface area contributed by atoms with Crippen molar-refractivity contribution >= 4 is 23.8 Å². The Bertz CT molecular complexity index is 633. The number of ether oxygens (including phenoxy) is 1. The number of hydrogen-bond donors (Lipinski definition) is 0. The summed E-state index contributed by atoms with van der Waals surface area (Å²) >= 11 is 0. The van der Waals surface area contributed by atoms with Crippen molar-refractivity contribution in [3.8, 4) is 0 Å². The number of nitrogens with zero attached hydrogens (tertiary/aromatic N) is 3. The number of cyclic esters (lactones) is 1. The first kappa shape index (κ1) is 14.8. The van der Waals surface area contributed by atoms with E-state index in [1.54, 1.807) is 12.3 Å². The fraction of sp³-hybridized carbons (Fsp3) is 0.471. The molecule has 2 aliphatic rings. The second-order valence-corrected chi connectivity index (χ2v) is 6.73. The van der Waals surface area contributed by atoms with E-state index in [1.807, 2.05) is 32.9 Å². The lowest BCUT2D eigenvalue weighted by atomic mass is 9.97. The van der Waals surface area contributed by atoms with E-state index >= 15 is 0 Å². The smallest absolute Gasteiger partial charge is 0.363 e. The molecule has 3 rings (SSSR count). The molecule has 0 aromatic carbocycles. The van der Waals surface area contributed by atoms with Crippen LogP contribution >= 0.6 is 0 Å². The lowest BCUT2D eigenvalue weighted by molar-refractivity contribution is -0.130. The molecule has 0 aliphatic carbocycles. The van der Waals surface area contributed by atoms with Crippen LogP contribution < -0.4 is 4.90 Å². The topological polar surface area (TPSA) is 54.8 Å². The van der Waals surface area contributed by atoms with E-state index in [-0.39, 0.29) is 5.41 Å². The molecule has 2 aliphatic heterocycles. The average molecular weight is 299 g/mol. The zero-order valence-corrected chi connectivity index (χ0v) is 13.3. The third kappa shape index (κ3) is 3.03. The molecule has 3 heterocycles. The molecule has 0 unspecified atom stereocenters. The van der Waals surface area contributed by atoms with Crippen LogP contribution in [0.3, 0.4) is 0 Å². The Balaban J connectivity index is 1.80. The minimum absolute atomic E-state index is 0.275. The number of aromatic nitrogens is 1. The van der Waals surface area contributed by atoms with Crippen molar-refractivity contribution < 1.29 is 9.53 Å². The van der Waals surface area contributed by atoms with Gasteiger partial charge in [0.25, 0.3) is 0 Å². The van der Waals surface area contributed by atoms with Crippen LogP contribution in [0.1, 0.15) is 39.2 Å². The number of anilines is 1. The zero-order valence-electron chi connectivity index (χ0n) is 13.3. The SMILES string of the molecule is CC(C)(C)C1=N/C(=C/c2ccc(N3CCCC3)nc2)C(=O)O1. The molecule has 1 saturated heterocycles. The summed E-state index contributed by atoms with van der Waals surface area (Å²) in [5, 5.41) is 0. The Morgan fingerprint density at radius 1 is 1.23 bits per heavy atom. The van der Waals surface area contributed by atoms with E-state index in [9.17, 15) is 4.79 Å². The van der Waals surface area contributed by atoms with Crippen molar-refractivity contribution in [1.82, 2.24) is 4.98 Å². The van der Waals surface area contributed by atoms with Gasteiger partial charge in [0.1, 0.15) is 5.82 Å². The number of carbonyl (C=O) groups is 1. The number of pyridine rings is 1. The third-order valence-electron chi connectivity index (χ3n) is 3.77. The van der Waals surface area contributed by atoms with Gasteiger partial charge in [-0.25, -0.2) is 14.8 Å². The number of esters is 1. The van der Waals surface area contributed by atoms with Crippen LogP contribution in [0.25, 0.3) is 6.08 Å². The summed E-state index contributed by atoms with van der Waals surface area (Å²) in [6.07, 6.45) is 5.95. The van der Waals surface area contributed by atoms with E-state index in [1.165, 1.54) is 12.8 Å². The van der Waals surface area contributed by atoms with Gasteiger partial charge in [-0.05, 0) is 36.6 Å². The van der Waals surface area contributed by atoms with E-state index in [0.29, 0.717) is 11.6 Å². The molecule has 0 bridgehead atoms. The van der Waals surface area contributed by atoms with Gasteiger partial charge in [0.05, 0.1) is 0 Å². The monoisotopic (exact) mass is 299 g/mol. The van der Waals surface area contributed by atoms with Gasteiger partial charge in [0, 0.05) is 24.7 Å². The normalized spacial score (nSPS) is 20.5. The van der Waals surface area contributed by atoms with Gasteiger partial charge in [-0.1, -0.05) is 20.8 Å². The molecule has 1 aromatic heterocycles. The Kier molecular flexibility index (Phi) is 3.72. The molecular weight excluding hydrogens is 278 g/mol. The molecule has 5 heteroatoms. The molecule has 5 nitrogen and oxygen atoms in total. The minimum Gasteiger partial charge on any atom is -0.406 e. The maximum absolute atomic E-state index is 11.9. The second kappa shape index (κ2) is 5.55. The summed E-state index contributed by atoms with van der Waals surface area (Å²) in [4.78, 5) is 22.9. The van der Waals surface area contributed by atoms with Crippen molar-refractivity contribution in [1.29, 1.82) is 0 Å². The van der Waals surface area contributed by atoms with Gasteiger partial charge < -0.3 is 9.64 Å². The summed E-state index contributed by atoms with van der Waals surface area (Å²) in [5.74, 6) is 1.06. The van der Waals surface area contributed by atoms with Gasteiger partial charge in [-0.3, -0.25) is 0 Å². The predicted molar refractivity (Wildman–Crippen MR) is 86.6 cm³/mol. The summed E-state index contributed by atoms with van der Waals surface area (Å²) in [6, 6.07) is 3.96. The van der Waals surface area contributed by atoms with Crippen molar-refractivity contribution in [2.45, 2.75) is 33.6 Å². The Labute approximate surface area is 130 Å². The predicted octanol–water partition coefficient (Wildman–Crippen LogP) is 3.02. The molecule has 116 valence electrons. The summed E-state index contributed by atoms with van der Waals surface area (Å²) < 4.78 is 5.23. The van der Waals surface area contributed by atoms with E-state index < -0.39 is 5.97 Å². The van der Waals surface area contributed by atoms with Crippen molar-refractivity contribution in [3.05, 3.63) is 29.6 Å². The lowest BCUT2D eigenvalue weighted by Crippen LogP contribution is -2.21. The highest BCUT2D eigenvalue weighted by atomic mass is 16.6. The van der Waals surface area contributed by atoms with Crippen LogP contribution in [0, 0.1) is 5.41 Å². The number of carbonyl (C=O) groups excluding carboxylic acids is 1. The highest BCUT2D eigenvalue weighted by molar-refractivity contribution is 6.08. The van der Waals surface area contributed by atoms with Gasteiger partial charge in [-0.15, -0.1) is 0 Å². The van der Waals surface area contributed by atoms with Crippen LogP contribution in [0.5, 0.6) is 0 Å². The Morgan fingerprint density at radius 2 is 1.95 bits per heavy atom. The summed E-state index contributed by atoms with van der Waals surface area (Å²) in [5.41, 5.74) is 0.915. The molecule has 1 aromatic rings. The second-order valence-electron chi connectivity index (χ2n) is 6.73. The third-order valence-corrected chi connectivity index (χ3v) is 3.77. The van der Waals surface area contributed by atoms with Gasteiger partial charge >= 0.3 is 5.97 Å². The van der Waals surface area contributed by atoms with E-state index in [2.05, 4.69) is 14.9 Å². The quantitative estimate of drug-likeness (QED) is 0.622. The first-order chi connectivity index (χ1) is 10.4. The van der Waals surface area contributed by atoms with Crippen molar-refractivity contribution in [2.24, 2.45) is 10.4 Å². The van der Waals surface area contributed by atoms with Crippen molar-refractivity contribution in [3.63, 3.8) is 0 Å². The molecule has 22 heavy (non-hydrogen) atoms. The van der Waals surface area contributed by atoms with Gasteiger partial charge in [0.2, 0.25) is 5.90 Å². The minimum atomic E-state index is -0.395. The molecule has 0 atom stereocenters. The van der Waals surface area contributed by atoms with Crippen LogP contribution in [0.15, 0.2) is 29.0 Å². The fourth-order valence-electron chi connectivity index (χ4n) is 2.50. The highest BCUT2D eigenvalue weighted by Gasteiger charge is 2.31. The molecular formula is C17H21N3O2. The maximum atomic E-state index is 11.9. The van der Waals surface area contributed by atoms with Crippen LogP contribution in [0.2, 0.25) is 0 Å². The summed E-state index contributed by atoms with van der Waals surface area (Å²) in [6.45, 7) is 8.04. The first-order valence-electron chi connectivity index (χ1n) is 7.67. The Hall–Kier alpha value is -2.17. The summed E-state index contributed by atoms with van der Waals surface area (Å²) in [7, 11) is 0. The number of rotatable bonds is 2. The molecule has 0 saturated carbocycles. The molecule has 0 radical (unpaired) electrons. The molecule has 0 amide bonds. The first-order valence-corrected chi connectivity index (χ1v) is 7.67. The Morgan fingerprint density at radius 3 is 2.50 bits per heavy atom.